The Labute approximate surface area is 97.4 Å². The van der Waals surface area contributed by atoms with E-state index in [1.807, 2.05) is 0 Å². The number of halogens is 1. The molecule has 16 heavy (non-hydrogen) atoms. The molecule has 0 bridgehead atoms. The number of aliphatic carboxylic acids is 1. The molecule has 1 aromatic rings. The first-order valence-corrected chi connectivity index (χ1v) is 5.10. The number of amides is 1. The second-order valence-corrected chi connectivity index (χ2v) is 3.53. The molecule has 0 fully saturated rings. The van der Waals surface area contributed by atoms with Crippen LogP contribution in [-0.2, 0) is 9.59 Å². The van der Waals surface area contributed by atoms with Gasteiger partial charge < -0.3 is 10.4 Å². The summed E-state index contributed by atoms with van der Waals surface area (Å²) in [4.78, 5) is 25.4. The van der Waals surface area contributed by atoms with Crippen LogP contribution >= 0.6 is 11.6 Å². The number of rotatable bonds is 5. The Balaban J connectivity index is 2.37. The molecule has 86 valence electrons. The number of aromatic nitrogens is 1. The Kier molecular flexibility index (Phi) is 4.72. The van der Waals surface area contributed by atoms with E-state index in [0.717, 1.165) is 0 Å². The molecule has 6 heteroatoms. The smallest absolute Gasteiger partial charge is 0.303 e. The van der Waals surface area contributed by atoms with Crippen molar-refractivity contribution in [1.29, 1.82) is 0 Å². The molecule has 1 amide bonds. The van der Waals surface area contributed by atoms with E-state index >= 15 is 0 Å². The summed E-state index contributed by atoms with van der Waals surface area (Å²) in [6, 6.07) is 4.88. The Morgan fingerprint density at radius 3 is 2.75 bits per heavy atom. The summed E-state index contributed by atoms with van der Waals surface area (Å²) in [5.41, 5.74) is 0. The van der Waals surface area contributed by atoms with E-state index in [-0.39, 0.29) is 18.7 Å². The lowest BCUT2D eigenvalue weighted by Gasteiger charge is -2.03. The summed E-state index contributed by atoms with van der Waals surface area (Å²) in [6.07, 6.45) is 0.443. The molecule has 0 aliphatic heterocycles. The van der Waals surface area contributed by atoms with Crippen LogP contribution in [0.5, 0.6) is 0 Å². The first kappa shape index (κ1) is 12.4. The van der Waals surface area contributed by atoms with Crippen molar-refractivity contribution in [1.82, 2.24) is 4.98 Å². The third-order valence-electron chi connectivity index (χ3n) is 1.78. The van der Waals surface area contributed by atoms with E-state index in [9.17, 15) is 9.59 Å². The van der Waals surface area contributed by atoms with Gasteiger partial charge in [-0.2, -0.15) is 0 Å². The number of carboxylic acids is 1. The van der Waals surface area contributed by atoms with Crippen LogP contribution in [-0.4, -0.2) is 22.0 Å². The number of hydrogen-bond donors (Lipinski definition) is 2. The lowest BCUT2D eigenvalue weighted by Crippen LogP contribution is -2.12. The average molecular weight is 243 g/mol. The van der Waals surface area contributed by atoms with Gasteiger partial charge in [0.25, 0.3) is 0 Å². The molecule has 0 saturated carbocycles. The number of carboxylic acid groups (broad SMARTS) is 1. The van der Waals surface area contributed by atoms with Gasteiger partial charge in [-0.05, 0) is 18.6 Å². The fourth-order valence-electron chi connectivity index (χ4n) is 1.08. The van der Waals surface area contributed by atoms with E-state index < -0.39 is 5.97 Å². The van der Waals surface area contributed by atoms with Crippen molar-refractivity contribution in [2.24, 2.45) is 0 Å². The minimum Gasteiger partial charge on any atom is -0.481 e. The molecule has 0 aliphatic rings. The molecule has 5 nitrogen and oxygen atoms in total. The molecule has 2 N–H and O–H groups in total. The minimum atomic E-state index is -0.909. The second kappa shape index (κ2) is 6.07. The molecule has 0 atom stereocenters. The highest BCUT2D eigenvalue weighted by atomic mass is 35.5. The van der Waals surface area contributed by atoms with Crippen molar-refractivity contribution in [3.63, 3.8) is 0 Å². The van der Waals surface area contributed by atoms with E-state index in [1.165, 1.54) is 0 Å². The fourth-order valence-corrected chi connectivity index (χ4v) is 1.25. The summed E-state index contributed by atoms with van der Waals surface area (Å²) < 4.78 is 0. The number of carbonyl (C=O) groups is 2. The molecule has 1 heterocycles. The summed E-state index contributed by atoms with van der Waals surface area (Å²) in [5, 5.41) is 11.2. The maximum Gasteiger partial charge on any atom is 0.303 e. The molecule has 1 aromatic heterocycles. The molecule has 0 spiro atoms. The van der Waals surface area contributed by atoms with Crippen LogP contribution in [0, 0.1) is 0 Å². The van der Waals surface area contributed by atoms with E-state index in [0.29, 0.717) is 17.4 Å². The fraction of sp³-hybridized carbons (Fsp3) is 0.300. The lowest BCUT2D eigenvalue weighted by atomic mass is 10.2. The second-order valence-electron chi connectivity index (χ2n) is 3.14. The quantitative estimate of drug-likeness (QED) is 0.774. The van der Waals surface area contributed by atoms with Gasteiger partial charge in [0.05, 0.1) is 0 Å². The van der Waals surface area contributed by atoms with Crippen LogP contribution in [0.15, 0.2) is 18.2 Å². The zero-order valence-electron chi connectivity index (χ0n) is 8.44. The van der Waals surface area contributed by atoms with Gasteiger partial charge in [-0.3, -0.25) is 9.59 Å². The predicted octanol–water partition coefficient (Wildman–Crippen LogP) is 1.93. The zero-order valence-corrected chi connectivity index (χ0v) is 9.20. The Hall–Kier alpha value is -1.62. The maximum atomic E-state index is 11.3. The van der Waals surface area contributed by atoms with Gasteiger partial charge >= 0.3 is 5.97 Å². The van der Waals surface area contributed by atoms with Gasteiger partial charge in [0.15, 0.2) is 0 Å². The van der Waals surface area contributed by atoms with Crippen molar-refractivity contribution in [2.75, 3.05) is 5.32 Å². The maximum absolute atomic E-state index is 11.3. The third-order valence-corrected chi connectivity index (χ3v) is 1.99. The molecule has 0 saturated heterocycles. The first-order valence-electron chi connectivity index (χ1n) is 4.72. The lowest BCUT2D eigenvalue weighted by molar-refractivity contribution is -0.137. The molecular formula is C10H11ClN2O3. The molecule has 0 aliphatic carbocycles. The summed E-state index contributed by atoms with van der Waals surface area (Å²) in [5.74, 6) is -0.808. The molecular weight excluding hydrogens is 232 g/mol. The Bertz CT molecular complexity index is 395. The summed E-state index contributed by atoms with van der Waals surface area (Å²) >= 11 is 5.63. The van der Waals surface area contributed by atoms with Gasteiger partial charge in [0, 0.05) is 12.8 Å². The average Bonchev–Trinajstić information content (AvgIpc) is 2.16. The van der Waals surface area contributed by atoms with Crippen molar-refractivity contribution >= 4 is 29.3 Å². The largest absolute Gasteiger partial charge is 0.481 e. The molecule has 0 aromatic carbocycles. The number of nitrogens with one attached hydrogen (secondary N) is 1. The summed E-state index contributed by atoms with van der Waals surface area (Å²) in [6.45, 7) is 0. The van der Waals surface area contributed by atoms with Crippen LogP contribution in [0.3, 0.4) is 0 Å². The molecule has 0 unspecified atom stereocenters. The predicted molar refractivity (Wildman–Crippen MR) is 59.4 cm³/mol. The Morgan fingerprint density at radius 1 is 1.38 bits per heavy atom. The van der Waals surface area contributed by atoms with Crippen molar-refractivity contribution in [2.45, 2.75) is 19.3 Å². The highest BCUT2D eigenvalue weighted by Gasteiger charge is 2.05. The highest BCUT2D eigenvalue weighted by Crippen LogP contribution is 2.09. The highest BCUT2D eigenvalue weighted by molar-refractivity contribution is 6.29. The zero-order chi connectivity index (χ0) is 12.0. The van der Waals surface area contributed by atoms with Crippen molar-refractivity contribution < 1.29 is 14.7 Å². The summed E-state index contributed by atoms with van der Waals surface area (Å²) in [7, 11) is 0. The van der Waals surface area contributed by atoms with Crippen molar-refractivity contribution in [3.8, 4) is 0 Å². The Morgan fingerprint density at radius 2 is 2.12 bits per heavy atom. The van der Waals surface area contributed by atoms with Crippen LogP contribution in [0.4, 0.5) is 5.82 Å². The number of anilines is 1. The number of carbonyl (C=O) groups excluding carboxylic acids is 1. The SMILES string of the molecule is O=C(O)CCCC(=O)Nc1cccc(Cl)n1. The number of hydrogen-bond acceptors (Lipinski definition) is 3. The number of pyridine rings is 1. The van der Waals surface area contributed by atoms with Gasteiger partial charge in [0.1, 0.15) is 11.0 Å². The van der Waals surface area contributed by atoms with Gasteiger partial charge in [-0.25, -0.2) is 4.98 Å². The first-order chi connectivity index (χ1) is 7.58. The minimum absolute atomic E-state index is 0.0175. The van der Waals surface area contributed by atoms with Gasteiger partial charge in [-0.1, -0.05) is 17.7 Å². The third kappa shape index (κ3) is 4.75. The van der Waals surface area contributed by atoms with E-state index in [1.54, 1.807) is 18.2 Å². The van der Waals surface area contributed by atoms with Gasteiger partial charge in [-0.15, -0.1) is 0 Å². The van der Waals surface area contributed by atoms with E-state index in [2.05, 4.69) is 10.3 Å². The van der Waals surface area contributed by atoms with E-state index in [4.69, 9.17) is 16.7 Å². The van der Waals surface area contributed by atoms with Crippen LogP contribution in [0.25, 0.3) is 0 Å². The van der Waals surface area contributed by atoms with Gasteiger partial charge in [0.2, 0.25) is 5.91 Å². The number of nitrogens with zero attached hydrogens (tertiary/aromatic N) is 1. The van der Waals surface area contributed by atoms with Crippen LogP contribution in [0.2, 0.25) is 5.15 Å². The monoisotopic (exact) mass is 242 g/mol. The van der Waals surface area contributed by atoms with Crippen LogP contribution < -0.4 is 5.32 Å². The normalized spacial score (nSPS) is 9.81. The standard InChI is InChI=1S/C10H11ClN2O3/c11-7-3-1-4-8(12-7)13-9(14)5-2-6-10(15)16/h1,3-4H,2,5-6H2,(H,15,16)(H,12,13,14). The molecule has 0 radical (unpaired) electrons. The van der Waals surface area contributed by atoms with Crippen LogP contribution in [0.1, 0.15) is 19.3 Å². The topological polar surface area (TPSA) is 79.3 Å². The van der Waals surface area contributed by atoms with Crippen molar-refractivity contribution in [3.05, 3.63) is 23.4 Å². The molecule has 1 rings (SSSR count).